The van der Waals surface area contributed by atoms with E-state index in [1.54, 1.807) is 0 Å². The number of halogens is 3. The second-order valence-electron chi connectivity index (χ2n) is 7.18. The highest BCUT2D eigenvalue weighted by Crippen LogP contribution is 2.41. The number of rotatable bonds is 7. The first-order valence-corrected chi connectivity index (χ1v) is 11.7. The molecule has 4 N–H and O–H groups in total. The molecule has 36 heavy (non-hydrogen) atoms. The van der Waals surface area contributed by atoms with E-state index in [9.17, 15) is 32.7 Å². The summed E-state index contributed by atoms with van der Waals surface area (Å²) >= 11 is 2.22. The molecule has 0 bridgehead atoms. The molecule has 1 saturated heterocycles. The van der Waals surface area contributed by atoms with Crippen molar-refractivity contribution in [2.75, 3.05) is 18.6 Å². The number of hydrogen-bond donors (Lipinski definition) is 3. The van der Waals surface area contributed by atoms with Gasteiger partial charge in [-0.25, -0.2) is 9.78 Å². The SMILES string of the molecule is CO/N=C(\C(=O)NC1C(=O)N2C(C(=O)O)=C(/C=C/c3cc(C(F)(F)F)no3)CSC12)c1csc(N)n1. The molecule has 2 aromatic rings. The second-order valence-corrected chi connectivity index (χ2v) is 9.17. The number of nitrogens with one attached hydrogen (secondary N) is 1. The molecular weight excluding hydrogens is 529 g/mol. The number of nitrogens with two attached hydrogens (primary N) is 1. The molecule has 4 rings (SSSR count). The van der Waals surface area contributed by atoms with Crippen molar-refractivity contribution in [3.05, 3.63) is 45.9 Å². The molecular formula is C19H15F3N6O6S2. The number of nitrogen functional groups attached to an aromatic ring is 1. The lowest BCUT2D eigenvalue weighted by Crippen LogP contribution is -2.71. The average Bonchev–Trinajstić information content (AvgIpc) is 3.47. The fourth-order valence-electron chi connectivity index (χ4n) is 3.36. The van der Waals surface area contributed by atoms with Gasteiger partial charge in [-0.1, -0.05) is 16.4 Å². The molecule has 2 amide bonds. The van der Waals surface area contributed by atoms with Crippen LogP contribution in [0.15, 0.2) is 38.5 Å². The van der Waals surface area contributed by atoms with Gasteiger partial charge >= 0.3 is 12.1 Å². The minimum absolute atomic E-state index is 0.0842. The first-order valence-electron chi connectivity index (χ1n) is 9.77. The summed E-state index contributed by atoms with van der Waals surface area (Å²) in [5, 5.41) is 19.7. The lowest BCUT2D eigenvalue weighted by Gasteiger charge is -2.49. The molecule has 2 aliphatic rings. The van der Waals surface area contributed by atoms with Crippen molar-refractivity contribution in [1.82, 2.24) is 20.4 Å². The van der Waals surface area contributed by atoms with Crippen LogP contribution in [0.3, 0.4) is 0 Å². The van der Waals surface area contributed by atoms with Gasteiger partial charge in [-0.05, 0) is 11.6 Å². The summed E-state index contributed by atoms with van der Waals surface area (Å²) in [6.45, 7) is 0. The molecule has 0 aliphatic carbocycles. The van der Waals surface area contributed by atoms with Crippen LogP contribution in [0, 0.1) is 0 Å². The summed E-state index contributed by atoms with van der Waals surface area (Å²) in [4.78, 5) is 47.2. The van der Waals surface area contributed by atoms with E-state index in [0.29, 0.717) is 6.07 Å². The zero-order valence-electron chi connectivity index (χ0n) is 18.0. The van der Waals surface area contributed by atoms with Crippen LogP contribution in [0.4, 0.5) is 18.3 Å². The number of carbonyl (C=O) groups is 3. The predicted octanol–water partition coefficient (Wildman–Crippen LogP) is 1.53. The van der Waals surface area contributed by atoms with E-state index in [1.807, 2.05) is 0 Å². The van der Waals surface area contributed by atoms with Gasteiger partial charge in [0.2, 0.25) is 0 Å². The molecule has 2 unspecified atom stereocenters. The highest BCUT2D eigenvalue weighted by Gasteiger charge is 2.54. The van der Waals surface area contributed by atoms with E-state index in [-0.39, 0.29) is 39.3 Å². The number of oxime groups is 1. The average molecular weight is 544 g/mol. The number of β-lactam (4-membered cyclic amide) rings is 1. The third kappa shape index (κ3) is 4.78. The van der Waals surface area contributed by atoms with Crippen molar-refractivity contribution in [2.45, 2.75) is 17.6 Å². The van der Waals surface area contributed by atoms with Crippen molar-refractivity contribution in [3.63, 3.8) is 0 Å². The lowest BCUT2D eigenvalue weighted by molar-refractivity contribution is -0.150. The van der Waals surface area contributed by atoms with Gasteiger partial charge in [0, 0.05) is 17.2 Å². The van der Waals surface area contributed by atoms with Crippen molar-refractivity contribution in [3.8, 4) is 0 Å². The Morgan fingerprint density at radius 2 is 2.17 bits per heavy atom. The maximum atomic E-state index is 12.8. The number of thiazole rings is 1. The maximum Gasteiger partial charge on any atom is 0.436 e. The molecule has 2 atom stereocenters. The Kier molecular flexibility index (Phi) is 6.77. The van der Waals surface area contributed by atoms with Crippen LogP contribution in [-0.2, 0) is 25.4 Å². The number of carboxylic acid groups (broad SMARTS) is 1. The number of fused-ring (bicyclic) bond motifs is 1. The Hall–Kier alpha value is -3.86. The first kappa shape index (κ1) is 25.2. The number of thioether (sulfide) groups is 1. The molecule has 2 aromatic heterocycles. The smallest absolute Gasteiger partial charge is 0.436 e. The third-order valence-electron chi connectivity index (χ3n) is 4.92. The van der Waals surface area contributed by atoms with E-state index in [2.05, 4.69) is 30.0 Å². The van der Waals surface area contributed by atoms with E-state index >= 15 is 0 Å². The number of nitrogens with zero attached hydrogens (tertiary/aromatic N) is 4. The largest absolute Gasteiger partial charge is 0.477 e. The number of carboxylic acids is 1. The van der Waals surface area contributed by atoms with E-state index in [4.69, 9.17) is 5.73 Å². The fourth-order valence-corrected chi connectivity index (χ4v) is 5.22. The lowest BCUT2D eigenvalue weighted by atomic mass is 10.0. The molecule has 2 aliphatic heterocycles. The minimum atomic E-state index is -4.70. The van der Waals surface area contributed by atoms with Gasteiger partial charge in [0.1, 0.15) is 29.9 Å². The van der Waals surface area contributed by atoms with Crippen molar-refractivity contribution in [1.29, 1.82) is 0 Å². The van der Waals surface area contributed by atoms with Crippen molar-refractivity contribution >= 4 is 57.8 Å². The molecule has 12 nitrogen and oxygen atoms in total. The number of alkyl halides is 3. The van der Waals surface area contributed by atoms with Crippen LogP contribution in [-0.4, -0.2) is 67.9 Å². The van der Waals surface area contributed by atoms with Gasteiger partial charge in [-0.3, -0.25) is 14.5 Å². The minimum Gasteiger partial charge on any atom is -0.477 e. The van der Waals surface area contributed by atoms with Crippen molar-refractivity contribution < 1.29 is 42.0 Å². The molecule has 0 saturated carbocycles. The van der Waals surface area contributed by atoms with Crippen LogP contribution in [0.5, 0.6) is 0 Å². The van der Waals surface area contributed by atoms with E-state index < -0.39 is 41.1 Å². The maximum absolute atomic E-state index is 12.8. The summed E-state index contributed by atoms with van der Waals surface area (Å²) in [7, 11) is 1.22. The van der Waals surface area contributed by atoms with Crippen LogP contribution >= 0.6 is 23.1 Å². The van der Waals surface area contributed by atoms with Gasteiger partial charge in [0.25, 0.3) is 11.8 Å². The quantitative estimate of drug-likeness (QED) is 0.264. The third-order valence-corrected chi connectivity index (χ3v) is 6.89. The van der Waals surface area contributed by atoms with E-state index in [1.165, 1.54) is 18.6 Å². The standard InChI is InChI=1S/C19H15F3N6O6S2/c1-33-27-11(9-6-36-18(23)24-9)14(29)25-12-15(30)28-13(17(31)32)7(5-35-16(12)28)2-3-8-4-10(26-34-8)19(20,21)22/h2-4,6,12,16H,5H2,1H3,(H2,23,24)(H,25,29)(H,31,32)/b3-2+,27-11-. The van der Waals surface area contributed by atoms with E-state index in [0.717, 1.165) is 34.1 Å². The predicted molar refractivity (Wildman–Crippen MR) is 120 cm³/mol. The summed E-state index contributed by atoms with van der Waals surface area (Å²) in [5.41, 5.74) is 4.06. The Morgan fingerprint density at radius 3 is 2.75 bits per heavy atom. The number of amides is 2. The normalized spacial score (nSPS) is 20.4. The summed E-state index contributed by atoms with van der Waals surface area (Å²) in [6, 6.07) is -0.407. The highest BCUT2D eigenvalue weighted by atomic mass is 32.2. The van der Waals surface area contributed by atoms with Gasteiger partial charge < -0.3 is 25.5 Å². The summed E-state index contributed by atoms with van der Waals surface area (Å²) in [6.07, 6.45) is -2.33. The first-order chi connectivity index (χ1) is 17.0. The van der Waals surface area contributed by atoms with Gasteiger partial charge in [0.05, 0.1) is 0 Å². The Bertz CT molecular complexity index is 1320. The van der Waals surface area contributed by atoms with Gasteiger partial charge in [-0.2, -0.15) is 13.2 Å². The molecule has 190 valence electrons. The van der Waals surface area contributed by atoms with Crippen LogP contribution in [0.25, 0.3) is 6.08 Å². The number of aliphatic carboxylic acids is 1. The molecule has 0 spiro atoms. The zero-order valence-corrected chi connectivity index (χ0v) is 19.6. The topological polar surface area (TPSA) is 173 Å². The molecule has 17 heteroatoms. The van der Waals surface area contributed by atoms with Crippen LogP contribution in [0.1, 0.15) is 17.1 Å². The monoisotopic (exact) mass is 544 g/mol. The van der Waals surface area contributed by atoms with Crippen LogP contribution < -0.4 is 11.1 Å². The molecule has 0 radical (unpaired) electrons. The fraction of sp³-hybridized carbons (Fsp3) is 0.263. The number of hydrogen-bond acceptors (Lipinski definition) is 11. The molecule has 1 fully saturated rings. The number of anilines is 1. The highest BCUT2D eigenvalue weighted by molar-refractivity contribution is 8.00. The molecule has 0 aromatic carbocycles. The second kappa shape index (κ2) is 9.65. The van der Waals surface area contributed by atoms with Crippen LogP contribution in [0.2, 0.25) is 0 Å². The molecule has 4 heterocycles. The van der Waals surface area contributed by atoms with Gasteiger partial charge in [-0.15, -0.1) is 23.1 Å². The zero-order chi connectivity index (χ0) is 26.2. The van der Waals surface area contributed by atoms with Gasteiger partial charge in [0.15, 0.2) is 22.3 Å². The number of carbonyl (C=O) groups excluding carboxylic acids is 2. The summed E-state index contributed by atoms with van der Waals surface area (Å²) in [5.74, 6) is -3.07. The Morgan fingerprint density at radius 1 is 1.42 bits per heavy atom. The van der Waals surface area contributed by atoms with Crippen molar-refractivity contribution in [2.24, 2.45) is 5.16 Å². The number of allylic oxidation sites excluding steroid dienone is 1. The Labute approximate surface area is 207 Å². The Balaban J connectivity index is 1.52. The summed E-state index contributed by atoms with van der Waals surface area (Å²) < 4.78 is 42.7. The number of aromatic nitrogens is 2.